The third-order valence-electron chi connectivity index (χ3n) is 4.94. The molecule has 5 rings (SSSR count). The molecule has 0 radical (unpaired) electrons. The van der Waals surface area contributed by atoms with Crippen molar-refractivity contribution in [2.75, 3.05) is 6.79 Å². The summed E-state index contributed by atoms with van der Waals surface area (Å²) in [6.07, 6.45) is 1.55. The minimum Gasteiger partial charge on any atom is -0.467 e. The van der Waals surface area contributed by atoms with Crippen LogP contribution in [0.2, 0.25) is 5.02 Å². The first-order chi connectivity index (χ1) is 15.5. The highest BCUT2D eigenvalue weighted by Gasteiger charge is 2.29. The smallest absolute Gasteiger partial charge is 0.346 e. The number of carbonyl (C=O) groups excluding carboxylic acids is 2. The standard InChI is InChI=1S/C24H14ClFO6/c25-15-7-13(23-14(8-15)11-29-12-30-23)9-21-22(27)18-6-5-16(10-20(18)32-21)31-24(28)17-3-1-2-4-19(17)26/h1-10H,11-12H2. The maximum atomic E-state index is 13.8. The molecule has 3 aromatic rings. The number of halogens is 2. The van der Waals surface area contributed by atoms with Gasteiger partial charge in [-0.3, -0.25) is 4.79 Å². The Morgan fingerprint density at radius 2 is 1.97 bits per heavy atom. The summed E-state index contributed by atoms with van der Waals surface area (Å²) < 4.78 is 35.6. The second-order valence-electron chi connectivity index (χ2n) is 7.06. The Morgan fingerprint density at radius 3 is 2.81 bits per heavy atom. The summed E-state index contributed by atoms with van der Waals surface area (Å²) in [5, 5.41) is 0.468. The Labute approximate surface area is 186 Å². The predicted octanol–water partition coefficient (Wildman–Crippen LogP) is 5.18. The number of allylic oxidation sites excluding steroid dienone is 1. The molecule has 0 saturated heterocycles. The number of esters is 1. The van der Waals surface area contributed by atoms with E-state index in [1.807, 2.05) is 0 Å². The lowest BCUT2D eigenvalue weighted by molar-refractivity contribution is -0.0165. The summed E-state index contributed by atoms with van der Waals surface area (Å²) in [7, 11) is 0. The molecule has 160 valence electrons. The average Bonchev–Trinajstić information content (AvgIpc) is 3.08. The van der Waals surface area contributed by atoms with E-state index < -0.39 is 11.8 Å². The van der Waals surface area contributed by atoms with Crippen molar-refractivity contribution in [2.45, 2.75) is 6.61 Å². The number of benzene rings is 3. The Morgan fingerprint density at radius 1 is 1.12 bits per heavy atom. The van der Waals surface area contributed by atoms with E-state index in [0.29, 0.717) is 28.5 Å². The van der Waals surface area contributed by atoms with Gasteiger partial charge < -0.3 is 18.9 Å². The number of carbonyl (C=O) groups is 2. The van der Waals surface area contributed by atoms with Crippen LogP contribution in [-0.2, 0) is 11.3 Å². The molecule has 0 fully saturated rings. The molecule has 0 bridgehead atoms. The van der Waals surface area contributed by atoms with Crippen molar-refractivity contribution >= 4 is 29.4 Å². The van der Waals surface area contributed by atoms with Crippen LogP contribution in [0.3, 0.4) is 0 Å². The van der Waals surface area contributed by atoms with E-state index in [1.165, 1.54) is 42.5 Å². The second kappa shape index (κ2) is 8.11. The molecule has 0 amide bonds. The molecule has 2 aliphatic heterocycles. The SMILES string of the molecule is O=C(Oc1ccc2c(c1)OC(=Cc1cc(Cl)cc3c1OCOC3)C2=O)c1ccccc1F. The number of ketones is 1. The van der Waals surface area contributed by atoms with Gasteiger partial charge in [0.15, 0.2) is 12.6 Å². The van der Waals surface area contributed by atoms with Crippen molar-refractivity contribution in [2.24, 2.45) is 0 Å². The van der Waals surface area contributed by atoms with Crippen molar-refractivity contribution in [3.63, 3.8) is 0 Å². The van der Waals surface area contributed by atoms with Crippen LogP contribution in [0, 0.1) is 5.82 Å². The van der Waals surface area contributed by atoms with Crippen LogP contribution < -0.4 is 14.2 Å². The lowest BCUT2D eigenvalue weighted by Gasteiger charge is -2.20. The van der Waals surface area contributed by atoms with Crippen molar-refractivity contribution in [1.82, 2.24) is 0 Å². The molecule has 3 aromatic carbocycles. The monoisotopic (exact) mass is 452 g/mol. The van der Waals surface area contributed by atoms with E-state index in [1.54, 1.807) is 18.2 Å². The van der Waals surface area contributed by atoms with E-state index in [9.17, 15) is 14.0 Å². The van der Waals surface area contributed by atoms with Gasteiger partial charge in [-0.25, -0.2) is 9.18 Å². The largest absolute Gasteiger partial charge is 0.467 e. The van der Waals surface area contributed by atoms with Gasteiger partial charge in [0, 0.05) is 22.2 Å². The maximum Gasteiger partial charge on any atom is 0.346 e. The second-order valence-corrected chi connectivity index (χ2v) is 7.50. The zero-order chi connectivity index (χ0) is 22.2. The summed E-state index contributed by atoms with van der Waals surface area (Å²) in [6, 6.07) is 13.2. The summed E-state index contributed by atoms with van der Waals surface area (Å²) in [6.45, 7) is 0.439. The number of rotatable bonds is 3. The van der Waals surface area contributed by atoms with Crippen molar-refractivity contribution in [1.29, 1.82) is 0 Å². The van der Waals surface area contributed by atoms with Crippen LogP contribution in [0.15, 0.2) is 60.4 Å². The normalized spacial score (nSPS) is 15.6. The fraction of sp³-hybridized carbons (Fsp3) is 0.0833. The minimum absolute atomic E-state index is 0.0668. The van der Waals surface area contributed by atoms with Gasteiger partial charge in [-0.2, -0.15) is 0 Å². The third kappa shape index (κ3) is 3.72. The van der Waals surface area contributed by atoms with Crippen molar-refractivity contribution in [3.8, 4) is 17.2 Å². The molecule has 0 saturated carbocycles. The van der Waals surface area contributed by atoms with Gasteiger partial charge in [-0.05, 0) is 42.5 Å². The lowest BCUT2D eigenvalue weighted by atomic mass is 10.1. The van der Waals surface area contributed by atoms with E-state index >= 15 is 0 Å². The van der Waals surface area contributed by atoms with E-state index in [4.69, 9.17) is 30.5 Å². The number of hydrogen-bond acceptors (Lipinski definition) is 6. The molecule has 0 spiro atoms. The molecular formula is C24H14ClFO6. The fourth-order valence-electron chi connectivity index (χ4n) is 3.48. The Bertz CT molecular complexity index is 1300. The summed E-state index contributed by atoms with van der Waals surface area (Å²) in [4.78, 5) is 25.1. The van der Waals surface area contributed by atoms with Crippen LogP contribution in [0.5, 0.6) is 17.2 Å². The highest BCUT2D eigenvalue weighted by atomic mass is 35.5. The predicted molar refractivity (Wildman–Crippen MR) is 112 cm³/mol. The molecule has 32 heavy (non-hydrogen) atoms. The molecule has 0 atom stereocenters. The Hall–Kier alpha value is -3.68. The lowest BCUT2D eigenvalue weighted by Crippen LogP contribution is -2.12. The first-order valence-electron chi connectivity index (χ1n) is 9.57. The van der Waals surface area contributed by atoms with Gasteiger partial charge in [0.05, 0.1) is 17.7 Å². The molecule has 0 unspecified atom stereocenters. The molecule has 0 aromatic heterocycles. The summed E-state index contributed by atoms with van der Waals surface area (Å²) in [5.41, 5.74) is 1.46. The first kappa shape index (κ1) is 20.2. The Balaban J connectivity index is 1.42. The minimum atomic E-state index is -0.854. The molecule has 2 aliphatic rings. The first-order valence-corrected chi connectivity index (χ1v) is 9.95. The number of fused-ring (bicyclic) bond motifs is 2. The maximum absolute atomic E-state index is 13.8. The van der Waals surface area contributed by atoms with Crippen molar-refractivity contribution < 1.29 is 32.9 Å². The van der Waals surface area contributed by atoms with Crippen LogP contribution in [0.25, 0.3) is 6.08 Å². The third-order valence-corrected chi connectivity index (χ3v) is 5.15. The van der Waals surface area contributed by atoms with Crippen LogP contribution >= 0.6 is 11.6 Å². The Kier molecular flexibility index (Phi) is 5.13. The fourth-order valence-corrected chi connectivity index (χ4v) is 3.73. The van der Waals surface area contributed by atoms with Gasteiger partial charge in [0.25, 0.3) is 0 Å². The highest BCUT2D eigenvalue weighted by Crippen LogP contribution is 2.38. The number of Topliss-reactive ketones (excluding diaryl/α,β-unsaturated/α-hetero) is 1. The van der Waals surface area contributed by atoms with Gasteiger partial charge in [-0.1, -0.05) is 23.7 Å². The highest BCUT2D eigenvalue weighted by molar-refractivity contribution is 6.31. The number of ether oxygens (including phenoxy) is 4. The zero-order valence-electron chi connectivity index (χ0n) is 16.4. The number of hydrogen-bond donors (Lipinski definition) is 0. The average molecular weight is 453 g/mol. The van der Waals surface area contributed by atoms with Crippen LogP contribution in [-0.4, -0.2) is 18.5 Å². The molecular weight excluding hydrogens is 439 g/mol. The molecule has 6 nitrogen and oxygen atoms in total. The van der Waals surface area contributed by atoms with E-state index in [2.05, 4.69) is 0 Å². The quantitative estimate of drug-likeness (QED) is 0.310. The van der Waals surface area contributed by atoms with Gasteiger partial charge in [0.1, 0.15) is 23.1 Å². The van der Waals surface area contributed by atoms with Gasteiger partial charge in [-0.15, -0.1) is 0 Å². The van der Waals surface area contributed by atoms with Crippen LogP contribution in [0.4, 0.5) is 4.39 Å². The van der Waals surface area contributed by atoms with Gasteiger partial charge >= 0.3 is 5.97 Å². The van der Waals surface area contributed by atoms with Gasteiger partial charge in [0.2, 0.25) is 5.78 Å². The van der Waals surface area contributed by atoms with E-state index in [0.717, 1.165) is 5.56 Å². The molecule has 0 N–H and O–H groups in total. The summed E-state index contributed by atoms with van der Waals surface area (Å²) >= 11 is 6.18. The molecule has 2 heterocycles. The van der Waals surface area contributed by atoms with Crippen LogP contribution in [0.1, 0.15) is 31.8 Å². The topological polar surface area (TPSA) is 71.1 Å². The van der Waals surface area contributed by atoms with Crippen molar-refractivity contribution in [3.05, 3.63) is 93.5 Å². The molecule has 8 heteroatoms. The zero-order valence-corrected chi connectivity index (χ0v) is 17.1. The van der Waals surface area contributed by atoms with E-state index in [-0.39, 0.29) is 35.4 Å². The molecule has 0 aliphatic carbocycles. The summed E-state index contributed by atoms with van der Waals surface area (Å²) in [5.74, 6) is -0.905.